The molecule has 1 heterocycles. The number of hydrogen-bond donors (Lipinski definition) is 2. The Morgan fingerprint density at radius 2 is 2.00 bits per heavy atom. The van der Waals surface area contributed by atoms with Crippen LogP contribution in [-0.2, 0) is 14.8 Å². The number of sulfonamides is 1. The molecule has 3 rings (SSSR count). The fourth-order valence-corrected chi connectivity index (χ4v) is 3.40. The number of nitrogens with zero attached hydrogens (tertiary/aromatic N) is 2. The van der Waals surface area contributed by atoms with Gasteiger partial charge in [-0.25, -0.2) is 28.0 Å². The van der Waals surface area contributed by atoms with Gasteiger partial charge < -0.3 is 4.42 Å². The summed E-state index contributed by atoms with van der Waals surface area (Å²) in [6, 6.07) is 9.52. The number of nitrogens with two attached hydrogens (primary N) is 1. The Bertz CT molecular complexity index is 1310. The van der Waals surface area contributed by atoms with Gasteiger partial charge in [0.05, 0.1) is 9.92 Å². The minimum absolute atomic E-state index is 0.0311. The maximum Gasteiger partial charge on any atom is 0.322 e. The molecule has 0 saturated carbocycles. The van der Waals surface area contributed by atoms with E-state index in [1.165, 1.54) is 30.3 Å². The van der Waals surface area contributed by atoms with Crippen molar-refractivity contribution in [1.29, 1.82) is 0 Å². The summed E-state index contributed by atoms with van der Waals surface area (Å²) in [4.78, 5) is 15.4. The molecule has 0 saturated heterocycles. The van der Waals surface area contributed by atoms with Crippen LogP contribution in [0.4, 0.5) is 4.39 Å². The van der Waals surface area contributed by atoms with Crippen molar-refractivity contribution in [2.24, 2.45) is 5.14 Å². The van der Waals surface area contributed by atoms with Gasteiger partial charge in [0, 0.05) is 30.0 Å². The maximum atomic E-state index is 13.6. The molecule has 1 amide bonds. The molecule has 3 N–H and O–H groups in total. The van der Waals surface area contributed by atoms with Crippen molar-refractivity contribution in [2.75, 3.05) is 7.05 Å². The Morgan fingerprint density at radius 1 is 1.30 bits per heavy atom. The first-order valence-electron chi connectivity index (χ1n) is 8.15. The van der Waals surface area contributed by atoms with E-state index in [1.54, 1.807) is 6.07 Å². The minimum Gasteiger partial charge on any atom is -0.429 e. The predicted molar refractivity (Wildman–Crippen MR) is 105 cm³/mol. The quantitative estimate of drug-likeness (QED) is 0.359. The van der Waals surface area contributed by atoms with Gasteiger partial charge in [-0.15, -0.1) is 0 Å². The highest BCUT2D eigenvalue weighted by Crippen LogP contribution is 2.36. The van der Waals surface area contributed by atoms with Crippen LogP contribution in [0.3, 0.4) is 0 Å². The molecule has 154 valence electrons. The largest absolute Gasteiger partial charge is 0.429 e. The average Bonchev–Trinajstić information content (AvgIpc) is 3.11. The molecule has 0 aliphatic heterocycles. The molecule has 0 aliphatic carbocycles. The van der Waals surface area contributed by atoms with E-state index in [4.69, 9.17) is 26.4 Å². The molecule has 11 heteroatoms. The molecule has 2 aromatic carbocycles. The summed E-state index contributed by atoms with van der Waals surface area (Å²) >= 11 is 5.86. The molecule has 0 atom stereocenters. The number of amides is 1. The number of benzene rings is 2. The van der Waals surface area contributed by atoms with Crippen LogP contribution in [-0.4, -0.2) is 36.6 Å². The highest BCUT2D eigenvalue weighted by Gasteiger charge is 2.23. The van der Waals surface area contributed by atoms with E-state index < -0.39 is 21.7 Å². The van der Waals surface area contributed by atoms with Gasteiger partial charge in [-0.2, -0.15) is 0 Å². The fourth-order valence-electron chi connectivity index (χ4n) is 2.49. The lowest BCUT2D eigenvalue weighted by atomic mass is 10.1. The van der Waals surface area contributed by atoms with E-state index in [1.807, 2.05) is 0 Å². The average molecular weight is 450 g/mol. The number of carbonyl (C=O) groups is 1. The van der Waals surface area contributed by atoms with Crippen molar-refractivity contribution in [2.45, 2.75) is 4.90 Å². The van der Waals surface area contributed by atoms with Gasteiger partial charge in [0.2, 0.25) is 10.0 Å². The lowest BCUT2D eigenvalue weighted by Crippen LogP contribution is -2.20. The molecule has 0 fully saturated rings. The van der Waals surface area contributed by atoms with Crippen molar-refractivity contribution >= 4 is 27.5 Å². The van der Waals surface area contributed by atoms with Gasteiger partial charge in [-0.05, 0) is 30.3 Å². The van der Waals surface area contributed by atoms with E-state index in [9.17, 15) is 17.6 Å². The minimum atomic E-state index is -4.13. The van der Waals surface area contributed by atoms with Crippen molar-refractivity contribution in [1.82, 2.24) is 10.0 Å². The number of aromatic nitrogens is 1. The molecule has 30 heavy (non-hydrogen) atoms. The lowest BCUT2D eigenvalue weighted by Gasteiger charge is -2.07. The van der Waals surface area contributed by atoms with Crippen LogP contribution in [0.5, 0.6) is 0 Å². The van der Waals surface area contributed by atoms with E-state index in [0.29, 0.717) is 5.56 Å². The van der Waals surface area contributed by atoms with Gasteiger partial charge in [0.1, 0.15) is 11.5 Å². The van der Waals surface area contributed by atoms with Crippen LogP contribution < -0.4 is 5.14 Å². The Hall–Kier alpha value is -3.23. The highest BCUT2D eigenvalue weighted by molar-refractivity contribution is 7.89. The van der Waals surface area contributed by atoms with Crippen LogP contribution in [0.25, 0.3) is 22.6 Å². The van der Waals surface area contributed by atoms with Crippen LogP contribution in [0, 0.1) is 17.7 Å². The third-order valence-corrected chi connectivity index (χ3v) is 5.09. The Morgan fingerprint density at radius 3 is 2.63 bits per heavy atom. The van der Waals surface area contributed by atoms with Crippen molar-refractivity contribution in [3.05, 3.63) is 59.2 Å². The topological polar surface area (TPSA) is 127 Å². The summed E-state index contributed by atoms with van der Waals surface area (Å²) < 4.78 is 43.2. The molecule has 0 aliphatic rings. The third-order valence-electron chi connectivity index (χ3n) is 3.83. The van der Waals surface area contributed by atoms with Gasteiger partial charge in [-0.3, -0.25) is 10.0 Å². The number of halogens is 2. The SMILES string of the molecule is CN(O)C(=O)C#Cc1nc(-c2ccc(F)c(Cl)c2)c(-c2ccccc2S(N)(=O)=O)o1. The van der Waals surface area contributed by atoms with Gasteiger partial charge in [-0.1, -0.05) is 23.7 Å². The van der Waals surface area contributed by atoms with Crippen LogP contribution in [0.1, 0.15) is 5.89 Å². The Kier molecular flexibility index (Phi) is 5.91. The molecule has 8 nitrogen and oxygen atoms in total. The maximum absolute atomic E-state index is 13.6. The van der Waals surface area contributed by atoms with Crippen LogP contribution >= 0.6 is 11.6 Å². The molecular weight excluding hydrogens is 437 g/mol. The zero-order chi connectivity index (χ0) is 22.1. The zero-order valence-electron chi connectivity index (χ0n) is 15.3. The zero-order valence-corrected chi connectivity index (χ0v) is 16.8. The number of oxazole rings is 1. The summed E-state index contributed by atoms with van der Waals surface area (Å²) in [5.41, 5.74) is 0.492. The van der Waals surface area contributed by atoms with Crippen LogP contribution in [0.15, 0.2) is 51.8 Å². The van der Waals surface area contributed by atoms with Gasteiger partial charge in [0.15, 0.2) is 5.76 Å². The molecule has 0 spiro atoms. The summed E-state index contributed by atoms with van der Waals surface area (Å²) in [7, 11) is -3.04. The Balaban J connectivity index is 2.26. The van der Waals surface area contributed by atoms with Crippen LogP contribution in [0.2, 0.25) is 5.02 Å². The monoisotopic (exact) mass is 449 g/mol. The van der Waals surface area contributed by atoms with Gasteiger partial charge >= 0.3 is 5.91 Å². The third kappa shape index (κ3) is 4.50. The summed E-state index contributed by atoms with van der Waals surface area (Å²) in [5.74, 6) is 2.59. The first kappa shape index (κ1) is 21.5. The van der Waals surface area contributed by atoms with Crippen molar-refractivity contribution in [3.8, 4) is 34.4 Å². The first-order chi connectivity index (χ1) is 14.1. The molecular formula is C19H13ClFN3O5S. The summed E-state index contributed by atoms with van der Waals surface area (Å²) in [6.07, 6.45) is 0. The first-order valence-corrected chi connectivity index (χ1v) is 10.1. The second-order valence-corrected chi connectivity index (χ2v) is 7.88. The number of hydrogen-bond acceptors (Lipinski definition) is 6. The van der Waals surface area contributed by atoms with E-state index >= 15 is 0 Å². The molecule has 3 aromatic rings. The molecule has 0 bridgehead atoms. The lowest BCUT2D eigenvalue weighted by molar-refractivity contribution is -0.152. The smallest absolute Gasteiger partial charge is 0.322 e. The molecule has 0 radical (unpaired) electrons. The van der Waals surface area contributed by atoms with E-state index in [0.717, 1.165) is 13.1 Å². The van der Waals surface area contributed by atoms with Crippen molar-refractivity contribution < 1.29 is 27.2 Å². The number of hydroxylamine groups is 2. The molecule has 0 unspecified atom stereocenters. The Labute approximate surface area is 175 Å². The second kappa shape index (κ2) is 8.25. The van der Waals surface area contributed by atoms with E-state index in [2.05, 4.69) is 16.8 Å². The van der Waals surface area contributed by atoms with Crippen molar-refractivity contribution in [3.63, 3.8) is 0 Å². The fraction of sp³-hybridized carbons (Fsp3) is 0.0526. The van der Waals surface area contributed by atoms with E-state index in [-0.39, 0.29) is 37.9 Å². The predicted octanol–water partition coefficient (Wildman–Crippen LogP) is 2.65. The standard InChI is InChI=1S/C19H13ClFN3O5S/c1-24(26)17(25)9-8-16-23-18(11-6-7-14(21)13(20)10-11)19(29-16)12-4-2-3-5-15(12)30(22,27)28/h2-7,10,26H,1H3,(H2,22,27,28). The highest BCUT2D eigenvalue weighted by atomic mass is 35.5. The summed E-state index contributed by atoms with van der Waals surface area (Å²) in [5, 5.41) is 14.5. The molecule has 1 aromatic heterocycles. The second-order valence-electron chi connectivity index (χ2n) is 5.95. The number of primary sulfonamides is 1. The normalized spacial score (nSPS) is 11.0. The van der Waals surface area contributed by atoms with Gasteiger partial charge in [0.25, 0.3) is 5.89 Å². The summed E-state index contributed by atoms with van der Waals surface area (Å²) in [6.45, 7) is 0. The number of rotatable bonds is 3. The number of carbonyl (C=O) groups excluding carboxylic acids is 1.